The highest BCUT2D eigenvalue weighted by Gasteiger charge is 2.00. The molecular weight excluding hydrogens is 247 g/mol. The van der Waals surface area contributed by atoms with E-state index in [0.29, 0.717) is 17.0 Å². The molecule has 1 aromatic carbocycles. The van der Waals surface area contributed by atoms with Crippen LogP contribution in [0, 0.1) is 0 Å². The van der Waals surface area contributed by atoms with Gasteiger partial charge in [-0.2, -0.15) is 0 Å². The Morgan fingerprint density at radius 3 is 2.56 bits per heavy atom. The maximum absolute atomic E-state index is 11.4. The van der Waals surface area contributed by atoms with Crippen LogP contribution >= 0.6 is 24.0 Å². The average molecular weight is 257 g/mol. The summed E-state index contributed by atoms with van der Waals surface area (Å²) in [6.07, 6.45) is 3.53. The molecule has 0 aliphatic carbocycles. The third kappa shape index (κ3) is 3.08. The fourth-order valence-corrected chi connectivity index (χ4v) is 1.45. The molecule has 16 heavy (non-hydrogen) atoms. The van der Waals surface area contributed by atoms with Gasteiger partial charge in [0.25, 0.3) is 5.56 Å². The Morgan fingerprint density at radius 2 is 1.94 bits per heavy atom. The Kier molecular flexibility index (Phi) is 4.52. The van der Waals surface area contributed by atoms with E-state index in [1.165, 1.54) is 6.33 Å². The van der Waals surface area contributed by atoms with Gasteiger partial charge in [0.1, 0.15) is 0 Å². The van der Waals surface area contributed by atoms with E-state index in [9.17, 15) is 4.79 Å². The number of aromatic nitrogens is 2. The Morgan fingerprint density at radius 1 is 1.25 bits per heavy atom. The Labute approximate surface area is 104 Å². The van der Waals surface area contributed by atoms with E-state index in [1.807, 2.05) is 12.1 Å². The molecular formula is C11H10Cl2N2O. The monoisotopic (exact) mass is 256 g/mol. The van der Waals surface area contributed by atoms with Gasteiger partial charge in [0.2, 0.25) is 0 Å². The van der Waals surface area contributed by atoms with Crippen molar-refractivity contribution in [3.8, 4) is 0 Å². The van der Waals surface area contributed by atoms with Gasteiger partial charge < -0.3 is 4.98 Å². The van der Waals surface area contributed by atoms with Crippen LogP contribution in [0.15, 0.2) is 41.6 Å². The van der Waals surface area contributed by atoms with E-state index < -0.39 is 0 Å². The molecule has 0 spiro atoms. The molecule has 0 bridgehead atoms. The topological polar surface area (TPSA) is 45.8 Å². The second-order valence-electron chi connectivity index (χ2n) is 3.21. The van der Waals surface area contributed by atoms with Crippen LogP contribution in [0.25, 0.3) is 0 Å². The SMILES string of the molecule is Cl.O=c1[nH]cncc1Cc1ccc(Cl)cc1. The molecule has 0 amide bonds. The van der Waals surface area contributed by atoms with E-state index in [1.54, 1.807) is 18.3 Å². The number of hydrogen-bond donors (Lipinski definition) is 1. The van der Waals surface area contributed by atoms with Gasteiger partial charge >= 0.3 is 0 Å². The van der Waals surface area contributed by atoms with Crippen molar-refractivity contribution in [2.75, 3.05) is 0 Å². The van der Waals surface area contributed by atoms with Crippen molar-refractivity contribution in [3.05, 3.63) is 63.3 Å². The summed E-state index contributed by atoms with van der Waals surface area (Å²) in [5.41, 5.74) is 1.60. The minimum absolute atomic E-state index is 0. The summed E-state index contributed by atoms with van der Waals surface area (Å²) in [5, 5.41) is 0.693. The standard InChI is InChI=1S/C11H9ClN2O.ClH/c12-10-3-1-8(2-4-10)5-9-6-13-7-14-11(9)15;/h1-4,6-7H,5H2,(H,13,14,15);1H. The lowest BCUT2D eigenvalue weighted by Gasteiger charge is -1.99. The highest BCUT2D eigenvalue weighted by atomic mass is 35.5. The zero-order chi connectivity index (χ0) is 10.7. The fraction of sp³-hybridized carbons (Fsp3) is 0.0909. The molecule has 1 aromatic heterocycles. The summed E-state index contributed by atoms with van der Waals surface area (Å²) < 4.78 is 0. The third-order valence-electron chi connectivity index (χ3n) is 2.10. The average Bonchev–Trinajstić information content (AvgIpc) is 2.25. The highest BCUT2D eigenvalue weighted by molar-refractivity contribution is 6.30. The van der Waals surface area contributed by atoms with Gasteiger partial charge in [0.15, 0.2) is 0 Å². The van der Waals surface area contributed by atoms with Crippen LogP contribution < -0.4 is 5.56 Å². The number of rotatable bonds is 2. The molecule has 0 saturated carbocycles. The normalized spacial score (nSPS) is 9.56. The van der Waals surface area contributed by atoms with Gasteiger partial charge in [-0.05, 0) is 17.7 Å². The first-order valence-corrected chi connectivity index (χ1v) is 4.89. The molecule has 1 N–H and O–H groups in total. The Balaban J connectivity index is 0.00000128. The van der Waals surface area contributed by atoms with Crippen molar-refractivity contribution in [1.82, 2.24) is 9.97 Å². The summed E-state index contributed by atoms with van der Waals surface area (Å²) in [4.78, 5) is 17.8. The maximum Gasteiger partial charge on any atom is 0.254 e. The van der Waals surface area contributed by atoms with E-state index in [4.69, 9.17) is 11.6 Å². The lowest BCUT2D eigenvalue weighted by Crippen LogP contribution is -2.12. The smallest absolute Gasteiger partial charge is 0.254 e. The molecule has 0 radical (unpaired) electrons. The van der Waals surface area contributed by atoms with E-state index in [-0.39, 0.29) is 18.0 Å². The largest absolute Gasteiger partial charge is 0.313 e. The van der Waals surface area contributed by atoms with Crippen molar-refractivity contribution >= 4 is 24.0 Å². The van der Waals surface area contributed by atoms with Crippen LogP contribution in [0.4, 0.5) is 0 Å². The molecule has 84 valence electrons. The predicted molar refractivity (Wildman–Crippen MR) is 66.4 cm³/mol. The Bertz CT molecular complexity index is 508. The molecule has 0 atom stereocenters. The van der Waals surface area contributed by atoms with Gasteiger partial charge in [-0.25, -0.2) is 4.98 Å². The van der Waals surface area contributed by atoms with Crippen molar-refractivity contribution < 1.29 is 0 Å². The first kappa shape index (κ1) is 12.7. The first-order chi connectivity index (χ1) is 7.25. The first-order valence-electron chi connectivity index (χ1n) is 4.52. The van der Waals surface area contributed by atoms with Crippen molar-refractivity contribution in [2.45, 2.75) is 6.42 Å². The summed E-state index contributed by atoms with van der Waals surface area (Å²) in [7, 11) is 0. The summed E-state index contributed by atoms with van der Waals surface area (Å²) >= 11 is 5.77. The van der Waals surface area contributed by atoms with Gasteiger partial charge in [-0.15, -0.1) is 12.4 Å². The van der Waals surface area contributed by atoms with Crippen LogP contribution in [0.5, 0.6) is 0 Å². The predicted octanol–water partition coefficient (Wildman–Crippen LogP) is 2.44. The van der Waals surface area contributed by atoms with E-state index >= 15 is 0 Å². The number of halogens is 2. The summed E-state index contributed by atoms with van der Waals surface area (Å²) in [5.74, 6) is 0. The highest BCUT2D eigenvalue weighted by Crippen LogP contribution is 2.11. The van der Waals surface area contributed by atoms with Crippen molar-refractivity contribution in [1.29, 1.82) is 0 Å². The molecule has 0 unspecified atom stereocenters. The molecule has 0 fully saturated rings. The van der Waals surface area contributed by atoms with Gasteiger partial charge in [0, 0.05) is 23.2 Å². The summed E-state index contributed by atoms with van der Waals surface area (Å²) in [6.45, 7) is 0. The van der Waals surface area contributed by atoms with Gasteiger partial charge in [-0.3, -0.25) is 4.79 Å². The second kappa shape index (κ2) is 5.68. The number of hydrogen-bond acceptors (Lipinski definition) is 2. The van der Waals surface area contributed by atoms with Crippen LogP contribution in [0.2, 0.25) is 5.02 Å². The van der Waals surface area contributed by atoms with Crippen LogP contribution in [0.1, 0.15) is 11.1 Å². The van der Waals surface area contributed by atoms with Crippen molar-refractivity contribution in [3.63, 3.8) is 0 Å². The second-order valence-corrected chi connectivity index (χ2v) is 3.65. The van der Waals surface area contributed by atoms with Crippen molar-refractivity contribution in [2.24, 2.45) is 0 Å². The van der Waals surface area contributed by atoms with Gasteiger partial charge in [0.05, 0.1) is 6.33 Å². The zero-order valence-corrected chi connectivity index (χ0v) is 9.89. The quantitative estimate of drug-likeness (QED) is 0.898. The molecule has 5 heteroatoms. The molecule has 2 rings (SSSR count). The molecule has 0 aliphatic heterocycles. The number of aromatic amines is 1. The van der Waals surface area contributed by atoms with E-state index in [2.05, 4.69) is 9.97 Å². The van der Waals surface area contributed by atoms with Crippen LogP contribution in [-0.4, -0.2) is 9.97 Å². The molecule has 0 saturated heterocycles. The van der Waals surface area contributed by atoms with Crippen LogP contribution in [-0.2, 0) is 6.42 Å². The molecule has 2 aromatic rings. The fourth-order valence-electron chi connectivity index (χ4n) is 1.32. The number of nitrogens with zero attached hydrogens (tertiary/aromatic N) is 1. The maximum atomic E-state index is 11.4. The molecule has 0 aliphatic rings. The van der Waals surface area contributed by atoms with Crippen LogP contribution in [0.3, 0.4) is 0 Å². The number of nitrogens with one attached hydrogen (secondary N) is 1. The summed E-state index contributed by atoms with van der Waals surface area (Å²) in [6, 6.07) is 7.41. The van der Waals surface area contributed by atoms with E-state index in [0.717, 1.165) is 5.56 Å². The minimum Gasteiger partial charge on any atom is -0.313 e. The lowest BCUT2D eigenvalue weighted by molar-refractivity contribution is 1.03. The Hall–Kier alpha value is -1.32. The zero-order valence-electron chi connectivity index (χ0n) is 8.31. The number of H-pyrrole nitrogens is 1. The number of benzene rings is 1. The minimum atomic E-state index is -0.0973. The third-order valence-corrected chi connectivity index (χ3v) is 2.35. The molecule has 3 nitrogen and oxygen atoms in total. The molecule has 1 heterocycles. The lowest BCUT2D eigenvalue weighted by atomic mass is 10.1. The van der Waals surface area contributed by atoms with Gasteiger partial charge in [-0.1, -0.05) is 23.7 Å².